The lowest BCUT2D eigenvalue weighted by atomic mass is 9.52. The lowest BCUT2D eigenvalue weighted by Gasteiger charge is -2.59. The summed E-state index contributed by atoms with van der Waals surface area (Å²) < 4.78 is 51.2. The summed E-state index contributed by atoms with van der Waals surface area (Å²) in [6.07, 6.45) is 14.2. The highest BCUT2D eigenvalue weighted by Gasteiger charge is 2.61. The zero-order chi connectivity index (χ0) is 55.0. The average Bonchev–Trinajstić information content (AvgIpc) is 4.18. The third kappa shape index (κ3) is 14.2. The molecule has 15 heteroatoms. The summed E-state index contributed by atoms with van der Waals surface area (Å²) in [4.78, 5) is 59.8. The number of rotatable bonds is 14. The van der Waals surface area contributed by atoms with Gasteiger partial charge in [-0.3, -0.25) is 24.0 Å². The Balaban J connectivity index is 0.000000163. The van der Waals surface area contributed by atoms with Gasteiger partial charge in [0.1, 0.15) is 42.2 Å². The van der Waals surface area contributed by atoms with Crippen LogP contribution in [0.3, 0.4) is 0 Å². The summed E-state index contributed by atoms with van der Waals surface area (Å²) in [7, 11) is 0. The Bertz CT molecular complexity index is 1970. The molecule has 0 radical (unpaired) electrons. The SMILES string of the molecule is CCC(C)(C)C(=O)OC1(C)CCCC1.CCC(C)(C)C(=O)OC12CC3CC(CC(O)(C3)C1)C2.CCC(C)(C)C(=O)OCC1OC(C)(C)OC1C1COC(C)(C)O1.CCC(C)C(=O)OC1CC2CC1C1COC(=O)C21. The van der Waals surface area contributed by atoms with E-state index >= 15 is 0 Å². The minimum atomic E-state index is -0.738. The van der Waals surface area contributed by atoms with Crippen molar-refractivity contribution in [3.05, 3.63) is 0 Å². The van der Waals surface area contributed by atoms with Crippen LogP contribution in [0, 0.1) is 57.7 Å². The summed E-state index contributed by atoms with van der Waals surface area (Å²) in [5, 5.41) is 10.6. The number of hydrogen-bond donors (Lipinski definition) is 1. The minimum Gasteiger partial charge on any atom is -0.465 e. The van der Waals surface area contributed by atoms with Crippen molar-refractivity contribution in [3.8, 4) is 0 Å². The third-order valence-corrected chi connectivity index (χ3v) is 18.7. The molecule has 10 rings (SSSR count). The normalized spacial score (nSPS) is 35.9. The van der Waals surface area contributed by atoms with Gasteiger partial charge in [0.25, 0.3) is 0 Å². The molecule has 10 fully saturated rings. The van der Waals surface area contributed by atoms with Crippen molar-refractivity contribution < 1.29 is 71.7 Å². The number of carbonyl (C=O) groups excluding carboxylic acids is 5. The molecule has 0 amide bonds. The van der Waals surface area contributed by atoms with E-state index < -0.39 is 28.0 Å². The van der Waals surface area contributed by atoms with Crippen LogP contribution >= 0.6 is 0 Å². The molecule has 0 aromatic heterocycles. The van der Waals surface area contributed by atoms with Gasteiger partial charge in [-0.1, -0.05) is 34.6 Å². The molecule has 0 aromatic carbocycles. The number of aliphatic hydroxyl groups is 1. The van der Waals surface area contributed by atoms with Crippen LogP contribution < -0.4 is 0 Å². The Morgan fingerprint density at radius 3 is 1.80 bits per heavy atom. The van der Waals surface area contributed by atoms with Crippen LogP contribution in [0.1, 0.15) is 214 Å². The molecule has 0 aromatic rings. The number of ether oxygens (including phenoxy) is 9. The molecule has 11 unspecified atom stereocenters. The predicted molar refractivity (Wildman–Crippen MR) is 277 cm³/mol. The minimum absolute atomic E-state index is 0.0206. The van der Waals surface area contributed by atoms with Gasteiger partial charge in [-0.25, -0.2) is 0 Å². The molecular formula is C59H98O15. The molecule has 7 aliphatic carbocycles. The number of esters is 5. The third-order valence-electron chi connectivity index (χ3n) is 18.7. The second-order valence-corrected chi connectivity index (χ2v) is 27.1. The number of fused-ring (bicyclic) bond motifs is 5. The second kappa shape index (κ2) is 22.9. The van der Waals surface area contributed by atoms with E-state index in [1.54, 1.807) is 0 Å². The molecule has 3 aliphatic heterocycles. The van der Waals surface area contributed by atoms with Crippen LogP contribution in [0.2, 0.25) is 0 Å². The van der Waals surface area contributed by atoms with Gasteiger partial charge in [0.05, 0.1) is 46.9 Å². The van der Waals surface area contributed by atoms with Crippen LogP contribution in [0.5, 0.6) is 0 Å². The molecule has 10 aliphatic rings. The fourth-order valence-electron chi connectivity index (χ4n) is 13.0. The molecular weight excluding hydrogens is 949 g/mol. The van der Waals surface area contributed by atoms with Gasteiger partial charge < -0.3 is 47.7 Å². The van der Waals surface area contributed by atoms with Crippen molar-refractivity contribution in [2.45, 2.75) is 266 Å². The first kappa shape index (κ1) is 60.4. The summed E-state index contributed by atoms with van der Waals surface area (Å²) in [6.45, 7) is 32.1. The second-order valence-electron chi connectivity index (χ2n) is 27.1. The molecule has 6 bridgehead atoms. The molecule has 7 saturated carbocycles. The Labute approximate surface area is 443 Å². The van der Waals surface area contributed by atoms with Gasteiger partial charge in [0, 0.05) is 18.3 Å². The highest BCUT2D eigenvalue weighted by atomic mass is 16.8. The van der Waals surface area contributed by atoms with Crippen molar-refractivity contribution in [3.63, 3.8) is 0 Å². The van der Waals surface area contributed by atoms with Gasteiger partial charge in [-0.15, -0.1) is 0 Å². The molecule has 15 nitrogen and oxygen atoms in total. The van der Waals surface area contributed by atoms with Crippen molar-refractivity contribution >= 4 is 29.8 Å². The largest absolute Gasteiger partial charge is 0.465 e. The number of carbonyl (C=O) groups is 5. The maximum atomic E-state index is 12.4. The molecule has 3 saturated heterocycles. The highest BCUT2D eigenvalue weighted by Crippen LogP contribution is 2.59. The monoisotopic (exact) mass is 1050 g/mol. The molecule has 424 valence electrons. The van der Waals surface area contributed by atoms with Crippen LogP contribution in [-0.4, -0.2) is 108 Å². The summed E-state index contributed by atoms with van der Waals surface area (Å²) in [5.74, 6) is 0.374. The van der Waals surface area contributed by atoms with E-state index in [2.05, 4.69) is 6.92 Å². The fraction of sp³-hybridized carbons (Fsp3) is 0.915. The molecule has 1 N–H and O–H groups in total. The smallest absolute Gasteiger partial charge is 0.312 e. The van der Waals surface area contributed by atoms with Crippen LogP contribution in [-0.2, 0) is 66.6 Å². The zero-order valence-corrected chi connectivity index (χ0v) is 48.4. The molecule has 74 heavy (non-hydrogen) atoms. The quantitative estimate of drug-likeness (QED) is 0.128. The van der Waals surface area contributed by atoms with Crippen LogP contribution in [0.25, 0.3) is 0 Å². The standard InChI is InChI=1S/C17H30O6.C16H26O3.C14H20O4.C12H22O2/c1-8-15(2,3)14(18)19-9-11-13(23-17(6,7)22-11)12-10-20-16(4,5)21-12;1-4-14(2,3)13(17)19-16-8-11-5-12(9-16)7-15(18,6-11)10-16;1-3-7(2)13(15)18-11-5-8-4-9(11)10-6-17-14(16)12(8)10;1-5-11(2,3)10(13)14-12(4)8-6-7-9-12/h11-13H,8-10H2,1-7H3;11-12,18H,4-10H2,1-3H3;7-12H,3-6H2,1-2H3;5-9H2,1-4H3. The Morgan fingerprint density at radius 1 is 0.703 bits per heavy atom. The van der Waals surface area contributed by atoms with Crippen molar-refractivity contribution in [2.75, 3.05) is 19.8 Å². The predicted octanol–water partition coefficient (Wildman–Crippen LogP) is 10.8. The Morgan fingerprint density at radius 2 is 1.27 bits per heavy atom. The van der Waals surface area contributed by atoms with Crippen molar-refractivity contribution in [1.29, 1.82) is 0 Å². The lowest BCUT2D eigenvalue weighted by Crippen LogP contribution is -2.61. The van der Waals surface area contributed by atoms with Gasteiger partial charge in [0.15, 0.2) is 11.6 Å². The maximum Gasteiger partial charge on any atom is 0.312 e. The van der Waals surface area contributed by atoms with E-state index in [1.165, 1.54) is 19.3 Å². The Hall–Kier alpha value is -2.85. The molecule has 11 atom stereocenters. The summed E-state index contributed by atoms with van der Waals surface area (Å²) >= 11 is 0. The van der Waals surface area contributed by atoms with Gasteiger partial charge in [-0.2, -0.15) is 0 Å². The summed E-state index contributed by atoms with van der Waals surface area (Å²) in [5.41, 5.74) is -2.33. The topological polar surface area (TPSA) is 189 Å². The highest BCUT2D eigenvalue weighted by molar-refractivity contribution is 5.78. The van der Waals surface area contributed by atoms with Crippen LogP contribution in [0.4, 0.5) is 0 Å². The lowest BCUT2D eigenvalue weighted by molar-refractivity contribution is -0.225. The maximum absolute atomic E-state index is 12.4. The van der Waals surface area contributed by atoms with Crippen molar-refractivity contribution in [2.24, 2.45) is 57.7 Å². The van der Waals surface area contributed by atoms with Gasteiger partial charge in [0.2, 0.25) is 0 Å². The zero-order valence-electron chi connectivity index (χ0n) is 48.4. The first-order valence-corrected chi connectivity index (χ1v) is 28.6. The number of hydrogen-bond acceptors (Lipinski definition) is 15. The molecule has 3 heterocycles. The van der Waals surface area contributed by atoms with E-state index in [-0.39, 0.29) is 89.3 Å². The van der Waals surface area contributed by atoms with Crippen molar-refractivity contribution in [1.82, 2.24) is 0 Å². The van der Waals surface area contributed by atoms with Crippen LogP contribution in [0.15, 0.2) is 0 Å². The van der Waals surface area contributed by atoms with E-state index in [4.69, 9.17) is 42.6 Å². The fourth-order valence-corrected chi connectivity index (χ4v) is 13.0. The first-order chi connectivity index (χ1) is 34.2. The summed E-state index contributed by atoms with van der Waals surface area (Å²) in [6, 6.07) is 0. The van der Waals surface area contributed by atoms with E-state index in [1.807, 2.05) is 104 Å². The average molecular weight is 1050 g/mol. The van der Waals surface area contributed by atoms with E-state index in [9.17, 15) is 29.1 Å². The number of cyclic esters (lactones) is 1. The molecule has 0 spiro atoms. The van der Waals surface area contributed by atoms with Gasteiger partial charge >= 0.3 is 29.8 Å². The van der Waals surface area contributed by atoms with E-state index in [0.29, 0.717) is 49.2 Å². The van der Waals surface area contributed by atoms with Gasteiger partial charge in [-0.05, 0) is 190 Å². The van der Waals surface area contributed by atoms with E-state index in [0.717, 1.165) is 77.0 Å². The first-order valence-electron chi connectivity index (χ1n) is 28.6. The Kier molecular flexibility index (Phi) is 18.6.